The van der Waals surface area contributed by atoms with Crippen LogP contribution < -0.4 is 5.32 Å². The predicted octanol–water partition coefficient (Wildman–Crippen LogP) is 4.32. The van der Waals surface area contributed by atoms with Crippen LogP contribution in [0.15, 0.2) is 41.8 Å². The molecule has 0 unspecified atom stereocenters. The number of nitrogens with zero attached hydrogens (tertiary/aromatic N) is 2. The topological polar surface area (TPSA) is 54.3 Å². The van der Waals surface area contributed by atoms with E-state index in [4.69, 9.17) is 0 Å². The van der Waals surface area contributed by atoms with Gasteiger partial charge in [-0.15, -0.1) is 11.3 Å². The molecule has 3 heterocycles. The van der Waals surface area contributed by atoms with Gasteiger partial charge < -0.3 is 14.8 Å². The molecule has 3 aromatic rings. The molecular formula is C23H24FN3O2S. The van der Waals surface area contributed by atoms with Crippen molar-refractivity contribution in [2.75, 3.05) is 0 Å². The fourth-order valence-corrected chi connectivity index (χ4v) is 5.53. The van der Waals surface area contributed by atoms with E-state index in [1.54, 1.807) is 28.4 Å². The van der Waals surface area contributed by atoms with Crippen LogP contribution in [-0.4, -0.2) is 32.9 Å². The molecule has 156 valence electrons. The first-order chi connectivity index (χ1) is 14.5. The summed E-state index contributed by atoms with van der Waals surface area (Å²) in [5.74, 6) is -0.606. The van der Waals surface area contributed by atoms with E-state index in [9.17, 15) is 14.0 Å². The van der Waals surface area contributed by atoms with Gasteiger partial charge in [0.1, 0.15) is 17.1 Å². The van der Waals surface area contributed by atoms with E-state index in [0.29, 0.717) is 12.2 Å². The van der Waals surface area contributed by atoms with E-state index in [0.717, 1.165) is 41.5 Å². The Morgan fingerprint density at radius 1 is 1.23 bits per heavy atom. The maximum absolute atomic E-state index is 13.6. The third-order valence-electron chi connectivity index (χ3n) is 6.48. The standard InChI is InChI=1S/C23H24FN3O2S/c1-23(22(29)25-17-4-2-3-5-17)14-26-18-10-11-30-20(18)12-19(26)21(28)27(23)13-15-6-8-16(24)9-7-15/h6-12,17H,2-5,13-14H2,1H3,(H,25,29)/t23-/m0/s1. The third kappa shape index (κ3) is 3.12. The monoisotopic (exact) mass is 425 g/mol. The van der Waals surface area contributed by atoms with E-state index >= 15 is 0 Å². The lowest BCUT2D eigenvalue weighted by atomic mass is 9.93. The zero-order valence-electron chi connectivity index (χ0n) is 16.9. The van der Waals surface area contributed by atoms with Gasteiger partial charge in [-0.2, -0.15) is 0 Å². The van der Waals surface area contributed by atoms with Crippen LogP contribution >= 0.6 is 11.3 Å². The average Bonchev–Trinajstić information content (AvgIpc) is 3.45. The molecule has 0 saturated heterocycles. The van der Waals surface area contributed by atoms with Gasteiger partial charge in [-0.25, -0.2) is 4.39 Å². The summed E-state index contributed by atoms with van der Waals surface area (Å²) in [7, 11) is 0. The second kappa shape index (κ2) is 7.23. The molecule has 2 aromatic heterocycles. The minimum Gasteiger partial charge on any atom is -0.351 e. The van der Waals surface area contributed by atoms with Crippen molar-refractivity contribution >= 4 is 33.4 Å². The molecule has 1 aliphatic carbocycles. The van der Waals surface area contributed by atoms with Crippen molar-refractivity contribution in [3.05, 3.63) is 58.9 Å². The Balaban J connectivity index is 1.54. The minimum atomic E-state index is -1.03. The maximum Gasteiger partial charge on any atom is 0.271 e. The Bertz CT molecular complexity index is 1110. The van der Waals surface area contributed by atoms with Gasteiger partial charge >= 0.3 is 0 Å². The SMILES string of the molecule is C[C@@]1(C(=O)NC2CCCC2)Cn2c(cc3sccc32)C(=O)N1Cc1ccc(F)cc1. The highest BCUT2D eigenvalue weighted by molar-refractivity contribution is 7.17. The number of hydrogen-bond acceptors (Lipinski definition) is 3. The predicted molar refractivity (Wildman–Crippen MR) is 115 cm³/mol. The van der Waals surface area contributed by atoms with Crippen molar-refractivity contribution in [1.82, 2.24) is 14.8 Å². The van der Waals surface area contributed by atoms with Gasteiger partial charge in [0.05, 0.1) is 16.8 Å². The molecule has 5 nitrogen and oxygen atoms in total. The highest BCUT2D eigenvalue weighted by atomic mass is 32.1. The first-order valence-electron chi connectivity index (χ1n) is 10.4. The van der Waals surface area contributed by atoms with Gasteiger partial charge in [-0.3, -0.25) is 9.59 Å². The highest BCUT2D eigenvalue weighted by Crippen LogP contribution is 2.35. The average molecular weight is 426 g/mol. The Kier molecular flexibility index (Phi) is 4.65. The zero-order chi connectivity index (χ0) is 20.9. The summed E-state index contributed by atoms with van der Waals surface area (Å²) in [6.07, 6.45) is 4.21. The van der Waals surface area contributed by atoms with Crippen molar-refractivity contribution in [3.8, 4) is 0 Å². The number of carbonyl (C=O) groups is 2. The van der Waals surface area contributed by atoms with Crippen LogP contribution in [0.4, 0.5) is 4.39 Å². The number of benzene rings is 1. The quantitative estimate of drug-likeness (QED) is 0.677. The summed E-state index contributed by atoms with van der Waals surface area (Å²) in [4.78, 5) is 28.7. The van der Waals surface area contributed by atoms with E-state index in [1.165, 1.54) is 12.1 Å². The largest absolute Gasteiger partial charge is 0.351 e. The molecule has 1 saturated carbocycles. The molecule has 1 N–H and O–H groups in total. The number of carbonyl (C=O) groups excluding carboxylic acids is 2. The second-order valence-corrected chi connectivity index (χ2v) is 9.48. The van der Waals surface area contributed by atoms with E-state index in [2.05, 4.69) is 5.32 Å². The van der Waals surface area contributed by atoms with Crippen molar-refractivity contribution in [1.29, 1.82) is 0 Å². The molecule has 5 rings (SSSR count). The van der Waals surface area contributed by atoms with Gasteiger partial charge in [-0.1, -0.05) is 25.0 Å². The molecule has 2 amide bonds. The van der Waals surface area contributed by atoms with Crippen LogP contribution in [0.1, 0.15) is 48.7 Å². The summed E-state index contributed by atoms with van der Waals surface area (Å²) >= 11 is 1.59. The van der Waals surface area contributed by atoms with Gasteiger partial charge in [0.25, 0.3) is 5.91 Å². The first-order valence-corrected chi connectivity index (χ1v) is 11.3. The number of hydrogen-bond donors (Lipinski definition) is 1. The lowest BCUT2D eigenvalue weighted by Gasteiger charge is -2.44. The maximum atomic E-state index is 13.6. The molecule has 1 aliphatic heterocycles. The second-order valence-electron chi connectivity index (χ2n) is 8.53. The third-order valence-corrected chi connectivity index (χ3v) is 7.34. The number of amides is 2. The minimum absolute atomic E-state index is 0.118. The molecule has 0 bridgehead atoms. The fraction of sp³-hybridized carbons (Fsp3) is 0.391. The van der Waals surface area contributed by atoms with Crippen LogP contribution in [0.3, 0.4) is 0 Å². The van der Waals surface area contributed by atoms with Crippen LogP contribution in [0.25, 0.3) is 10.2 Å². The van der Waals surface area contributed by atoms with E-state index in [-0.39, 0.29) is 30.2 Å². The van der Waals surface area contributed by atoms with Crippen LogP contribution in [0, 0.1) is 5.82 Å². The highest BCUT2D eigenvalue weighted by Gasteiger charge is 2.48. The van der Waals surface area contributed by atoms with Crippen LogP contribution in [-0.2, 0) is 17.9 Å². The number of aromatic nitrogens is 1. The van der Waals surface area contributed by atoms with Crippen molar-refractivity contribution in [2.45, 2.75) is 57.3 Å². The van der Waals surface area contributed by atoms with E-state index < -0.39 is 5.54 Å². The molecule has 30 heavy (non-hydrogen) atoms. The molecule has 7 heteroatoms. The lowest BCUT2D eigenvalue weighted by molar-refractivity contribution is -0.133. The van der Waals surface area contributed by atoms with Gasteiger partial charge in [0.2, 0.25) is 5.91 Å². The Morgan fingerprint density at radius 2 is 1.97 bits per heavy atom. The summed E-state index contributed by atoms with van der Waals surface area (Å²) in [5, 5.41) is 5.20. The molecule has 1 aromatic carbocycles. The summed E-state index contributed by atoms with van der Waals surface area (Å²) < 4.78 is 16.4. The van der Waals surface area contributed by atoms with Gasteiger partial charge in [0.15, 0.2) is 0 Å². The normalized spacial score (nSPS) is 21.9. The Labute approximate surface area is 178 Å². The molecule has 1 atom stereocenters. The van der Waals surface area contributed by atoms with Crippen LogP contribution in [0.5, 0.6) is 0 Å². The lowest BCUT2D eigenvalue weighted by Crippen LogP contribution is -2.64. The fourth-order valence-electron chi connectivity index (χ4n) is 4.70. The number of fused-ring (bicyclic) bond motifs is 3. The smallest absolute Gasteiger partial charge is 0.271 e. The molecular weight excluding hydrogens is 401 g/mol. The van der Waals surface area contributed by atoms with Crippen molar-refractivity contribution < 1.29 is 14.0 Å². The molecule has 0 spiro atoms. The zero-order valence-corrected chi connectivity index (χ0v) is 17.7. The number of nitrogens with one attached hydrogen (secondary N) is 1. The Morgan fingerprint density at radius 3 is 2.70 bits per heavy atom. The van der Waals surface area contributed by atoms with Gasteiger partial charge in [0, 0.05) is 12.6 Å². The molecule has 1 fully saturated rings. The molecule has 2 aliphatic rings. The Hall–Kier alpha value is -2.67. The first kappa shape index (κ1) is 19.3. The summed E-state index contributed by atoms with van der Waals surface area (Å²) in [6, 6.07) is 10.2. The van der Waals surface area contributed by atoms with E-state index in [1.807, 2.05) is 29.0 Å². The number of halogens is 1. The summed E-state index contributed by atoms with van der Waals surface area (Å²) in [6.45, 7) is 2.50. The van der Waals surface area contributed by atoms with Crippen molar-refractivity contribution in [2.24, 2.45) is 0 Å². The number of thiophene rings is 1. The number of rotatable bonds is 4. The van der Waals surface area contributed by atoms with Gasteiger partial charge in [-0.05, 0) is 55.0 Å². The summed E-state index contributed by atoms with van der Waals surface area (Å²) in [5.41, 5.74) is 1.36. The molecule has 0 radical (unpaired) electrons. The van der Waals surface area contributed by atoms with Crippen molar-refractivity contribution in [3.63, 3.8) is 0 Å². The van der Waals surface area contributed by atoms with Crippen LogP contribution in [0.2, 0.25) is 0 Å².